The van der Waals surface area contributed by atoms with Crippen LogP contribution in [0.5, 0.6) is 5.75 Å². The molecule has 1 aromatic rings. The van der Waals surface area contributed by atoms with Gasteiger partial charge in [-0.25, -0.2) is 4.39 Å². The molecular formula is C14H19FN2O2. The number of carbonyl (C=O) groups is 1. The number of hydrogen-bond donors (Lipinski definition) is 0. The smallest absolute Gasteiger partial charge is 0.263 e. The number of likely N-dealkylation sites (N-methyl/N-ethyl adjacent to an activating group) is 1. The Morgan fingerprint density at radius 3 is 2.53 bits per heavy atom. The van der Waals surface area contributed by atoms with Crippen molar-refractivity contribution in [1.82, 2.24) is 9.80 Å². The summed E-state index contributed by atoms with van der Waals surface area (Å²) in [6.07, 6.45) is -0.666. The average Bonchev–Trinajstić information content (AvgIpc) is 2.41. The Bertz CT molecular complexity index is 445. The van der Waals surface area contributed by atoms with E-state index in [-0.39, 0.29) is 11.7 Å². The second kappa shape index (κ2) is 6.02. The molecule has 2 rings (SSSR count). The van der Waals surface area contributed by atoms with Gasteiger partial charge in [0.05, 0.1) is 0 Å². The maximum atomic E-state index is 13.5. The van der Waals surface area contributed by atoms with Crippen molar-refractivity contribution < 1.29 is 13.9 Å². The van der Waals surface area contributed by atoms with Gasteiger partial charge in [0.2, 0.25) is 0 Å². The highest BCUT2D eigenvalue weighted by molar-refractivity contribution is 5.81. The van der Waals surface area contributed by atoms with E-state index in [0.29, 0.717) is 13.1 Å². The molecule has 1 aliphatic rings. The number of rotatable bonds is 3. The summed E-state index contributed by atoms with van der Waals surface area (Å²) in [6.45, 7) is 4.77. The molecule has 19 heavy (non-hydrogen) atoms. The summed E-state index contributed by atoms with van der Waals surface area (Å²) in [5.74, 6) is -0.408. The van der Waals surface area contributed by atoms with Gasteiger partial charge in [0.25, 0.3) is 5.91 Å². The molecule has 0 saturated carbocycles. The second-order valence-electron chi connectivity index (χ2n) is 4.82. The minimum atomic E-state index is -0.666. The number of hydrogen-bond acceptors (Lipinski definition) is 3. The third kappa shape index (κ3) is 3.44. The quantitative estimate of drug-likeness (QED) is 0.828. The molecule has 0 bridgehead atoms. The van der Waals surface area contributed by atoms with Gasteiger partial charge < -0.3 is 14.5 Å². The van der Waals surface area contributed by atoms with E-state index in [9.17, 15) is 9.18 Å². The summed E-state index contributed by atoms with van der Waals surface area (Å²) in [6, 6.07) is 6.13. The van der Waals surface area contributed by atoms with Crippen LogP contribution in [0, 0.1) is 5.82 Å². The van der Waals surface area contributed by atoms with E-state index in [1.807, 2.05) is 7.05 Å². The van der Waals surface area contributed by atoms with Crippen LogP contribution >= 0.6 is 0 Å². The second-order valence-corrected chi connectivity index (χ2v) is 4.82. The first-order chi connectivity index (χ1) is 9.08. The first kappa shape index (κ1) is 13.8. The minimum absolute atomic E-state index is 0.0867. The molecule has 0 aliphatic carbocycles. The Labute approximate surface area is 112 Å². The maximum absolute atomic E-state index is 13.5. The molecule has 104 valence electrons. The predicted octanol–water partition coefficient (Wildman–Crippen LogP) is 1.37. The Hall–Kier alpha value is -1.62. The van der Waals surface area contributed by atoms with Crippen LogP contribution in [-0.4, -0.2) is 55.0 Å². The van der Waals surface area contributed by atoms with Crippen molar-refractivity contribution in [3.63, 3.8) is 0 Å². The topological polar surface area (TPSA) is 32.8 Å². The maximum Gasteiger partial charge on any atom is 0.263 e. The largest absolute Gasteiger partial charge is 0.478 e. The van der Waals surface area contributed by atoms with Crippen LogP contribution in [0.4, 0.5) is 4.39 Å². The number of halogens is 1. The van der Waals surface area contributed by atoms with Crippen LogP contribution in [0.3, 0.4) is 0 Å². The summed E-state index contributed by atoms with van der Waals surface area (Å²) >= 11 is 0. The molecule has 1 aliphatic heterocycles. The standard InChI is InChI=1S/C14H19FN2O2/c1-11(19-13-6-4-3-5-12(13)15)14(18)17-9-7-16(2)8-10-17/h3-6,11H,7-10H2,1-2H3. The fourth-order valence-corrected chi connectivity index (χ4v) is 2.07. The third-order valence-corrected chi connectivity index (χ3v) is 3.30. The first-order valence-corrected chi connectivity index (χ1v) is 6.46. The molecule has 5 heteroatoms. The van der Waals surface area contributed by atoms with E-state index in [1.165, 1.54) is 12.1 Å². The van der Waals surface area contributed by atoms with Crippen LogP contribution in [0.25, 0.3) is 0 Å². The number of carbonyl (C=O) groups excluding carboxylic acids is 1. The van der Waals surface area contributed by atoms with Gasteiger partial charge >= 0.3 is 0 Å². The van der Waals surface area contributed by atoms with Gasteiger partial charge in [0.1, 0.15) is 0 Å². The van der Waals surface area contributed by atoms with Crippen molar-refractivity contribution in [1.29, 1.82) is 0 Å². The zero-order chi connectivity index (χ0) is 13.8. The Kier molecular flexibility index (Phi) is 4.37. The van der Waals surface area contributed by atoms with Crippen molar-refractivity contribution >= 4 is 5.91 Å². The lowest BCUT2D eigenvalue weighted by molar-refractivity contribution is -0.139. The van der Waals surface area contributed by atoms with Crippen molar-refractivity contribution in [3.05, 3.63) is 30.1 Å². The monoisotopic (exact) mass is 266 g/mol. The van der Waals surface area contributed by atoms with E-state index in [4.69, 9.17) is 4.74 Å². The van der Waals surface area contributed by atoms with Crippen molar-refractivity contribution in [2.24, 2.45) is 0 Å². The molecule has 1 atom stereocenters. The molecule has 1 heterocycles. The lowest BCUT2D eigenvalue weighted by Gasteiger charge is -2.33. The Balaban J connectivity index is 1.94. The fourth-order valence-electron chi connectivity index (χ4n) is 2.07. The summed E-state index contributed by atoms with van der Waals surface area (Å²) in [5, 5.41) is 0. The van der Waals surface area contributed by atoms with Crippen LogP contribution in [0.2, 0.25) is 0 Å². The molecule has 0 radical (unpaired) electrons. The Morgan fingerprint density at radius 2 is 1.89 bits per heavy atom. The van der Waals surface area contributed by atoms with Gasteiger partial charge in [0.15, 0.2) is 17.7 Å². The van der Waals surface area contributed by atoms with E-state index >= 15 is 0 Å². The highest BCUT2D eigenvalue weighted by Gasteiger charge is 2.25. The number of piperazine rings is 1. The average molecular weight is 266 g/mol. The molecule has 0 spiro atoms. The molecule has 1 saturated heterocycles. The minimum Gasteiger partial charge on any atom is -0.478 e. The molecule has 1 fully saturated rings. The van der Waals surface area contributed by atoms with Crippen LogP contribution in [0.1, 0.15) is 6.92 Å². The number of ether oxygens (including phenoxy) is 1. The van der Waals surface area contributed by atoms with E-state index < -0.39 is 11.9 Å². The highest BCUT2D eigenvalue weighted by Crippen LogP contribution is 2.18. The van der Waals surface area contributed by atoms with Gasteiger partial charge in [0, 0.05) is 26.2 Å². The zero-order valence-corrected chi connectivity index (χ0v) is 11.3. The lowest BCUT2D eigenvalue weighted by Crippen LogP contribution is -2.50. The Morgan fingerprint density at radius 1 is 1.26 bits per heavy atom. The van der Waals surface area contributed by atoms with Gasteiger partial charge in [-0.2, -0.15) is 0 Å². The molecule has 1 unspecified atom stereocenters. The number of amides is 1. The van der Waals surface area contributed by atoms with E-state index in [2.05, 4.69) is 4.90 Å². The third-order valence-electron chi connectivity index (χ3n) is 3.30. The SMILES string of the molecule is CC(Oc1ccccc1F)C(=O)N1CCN(C)CC1. The summed E-state index contributed by atoms with van der Waals surface area (Å²) in [5.41, 5.74) is 0. The normalized spacial score (nSPS) is 18.2. The van der Waals surface area contributed by atoms with Gasteiger partial charge in [-0.15, -0.1) is 0 Å². The molecular weight excluding hydrogens is 247 g/mol. The molecule has 0 aromatic heterocycles. The fraction of sp³-hybridized carbons (Fsp3) is 0.500. The zero-order valence-electron chi connectivity index (χ0n) is 11.3. The van der Waals surface area contributed by atoms with Gasteiger partial charge in [-0.1, -0.05) is 12.1 Å². The first-order valence-electron chi connectivity index (χ1n) is 6.46. The van der Waals surface area contributed by atoms with Gasteiger partial charge in [-0.3, -0.25) is 4.79 Å². The lowest BCUT2D eigenvalue weighted by atomic mass is 10.2. The molecule has 4 nitrogen and oxygen atoms in total. The summed E-state index contributed by atoms with van der Waals surface area (Å²) in [7, 11) is 2.03. The van der Waals surface area contributed by atoms with Crippen LogP contribution in [0.15, 0.2) is 24.3 Å². The molecule has 1 amide bonds. The van der Waals surface area contributed by atoms with E-state index in [1.54, 1.807) is 24.0 Å². The number of benzene rings is 1. The van der Waals surface area contributed by atoms with Crippen molar-refractivity contribution in [2.45, 2.75) is 13.0 Å². The van der Waals surface area contributed by atoms with E-state index in [0.717, 1.165) is 13.1 Å². The molecule has 1 aromatic carbocycles. The van der Waals surface area contributed by atoms with Crippen molar-refractivity contribution in [2.75, 3.05) is 33.2 Å². The van der Waals surface area contributed by atoms with Crippen molar-refractivity contribution in [3.8, 4) is 5.75 Å². The highest BCUT2D eigenvalue weighted by atomic mass is 19.1. The number of para-hydroxylation sites is 1. The molecule has 0 N–H and O–H groups in total. The number of nitrogens with zero attached hydrogens (tertiary/aromatic N) is 2. The van der Waals surface area contributed by atoms with Crippen LogP contribution < -0.4 is 4.74 Å². The summed E-state index contributed by atoms with van der Waals surface area (Å²) in [4.78, 5) is 16.1. The van der Waals surface area contributed by atoms with Crippen LogP contribution in [-0.2, 0) is 4.79 Å². The predicted molar refractivity (Wildman–Crippen MR) is 70.6 cm³/mol. The summed E-state index contributed by atoms with van der Waals surface area (Å²) < 4.78 is 18.9. The van der Waals surface area contributed by atoms with Gasteiger partial charge in [-0.05, 0) is 26.1 Å².